The van der Waals surface area contributed by atoms with Crippen LogP contribution in [0.5, 0.6) is 0 Å². The van der Waals surface area contributed by atoms with Crippen LogP contribution in [0.25, 0.3) is 0 Å². The molecule has 6 heteroatoms. The Morgan fingerprint density at radius 2 is 2.24 bits per heavy atom. The first-order valence-corrected chi connectivity index (χ1v) is 5.32. The molecule has 0 saturated heterocycles. The first-order chi connectivity index (χ1) is 8.08. The molecule has 17 heavy (non-hydrogen) atoms. The monoisotopic (exact) mass is 250 g/mol. The molecule has 88 valence electrons. The van der Waals surface area contributed by atoms with Gasteiger partial charge in [0.05, 0.1) is 0 Å². The summed E-state index contributed by atoms with van der Waals surface area (Å²) in [5, 5.41) is 3.51. The zero-order chi connectivity index (χ0) is 12.4. The normalized spacial score (nSPS) is 10.2. The van der Waals surface area contributed by atoms with Crippen LogP contribution < -0.4 is 16.7 Å². The summed E-state index contributed by atoms with van der Waals surface area (Å²) < 4.78 is 0.968. The fourth-order valence-corrected chi connectivity index (χ4v) is 1.54. The molecule has 2 aromatic rings. The van der Waals surface area contributed by atoms with Crippen molar-refractivity contribution in [2.75, 3.05) is 11.2 Å². The average molecular weight is 251 g/mol. The lowest BCUT2D eigenvalue weighted by Crippen LogP contribution is -2.31. The van der Waals surface area contributed by atoms with E-state index < -0.39 is 0 Å². The minimum Gasteiger partial charge on any atom is -0.333 e. The largest absolute Gasteiger partial charge is 0.333 e. The molecule has 3 N–H and O–H groups in total. The Labute approximate surface area is 103 Å². The van der Waals surface area contributed by atoms with E-state index in [2.05, 4.69) is 10.3 Å². The van der Waals surface area contributed by atoms with E-state index in [1.807, 2.05) is 0 Å². The fraction of sp³-hybridized carbons (Fsp3) is 0.0909. The number of nitrogens with two attached hydrogens (primary N) is 1. The van der Waals surface area contributed by atoms with Gasteiger partial charge in [-0.1, -0.05) is 17.7 Å². The summed E-state index contributed by atoms with van der Waals surface area (Å²) in [5.41, 5.74) is 0.918. The van der Waals surface area contributed by atoms with Gasteiger partial charge in [-0.3, -0.25) is 4.79 Å². The first kappa shape index (κ1) is 11.5. The Morgan fingerprint density at radius 1 is 1.47 bits per heavy atom. The predicted molar refractivity (Wildman–Crippen MR) is 68.1 cm³/mol. The highest BCUT2D eigenvalue weighted by atomic mass is 35.5. The minimum absolute atomic E-state index is 0.267. The molecule has 0 aliphatic carbocycles. The van der Waals surface area contributed by atoms with E-state index in [0.717, 1.165) is 4.68 Å². The van der Waals surface area contributed by atoms with Crippen LogP contribution in [0.4, 0.5) is 11.6 Å². The van der Waals surface area contributed by atoms with Gasteiger partial charge in [-0.05, 0) is 25.1 Å². The van der Waals surface area contributed by atoms with Crippen molar-refractivity contribution in [3.8, 4) is 0 Å². The molecular weight excluding hydrogens is 240 g/mol. The number of rotatable bonds is 2. The Morgan fingerprint density at radius 3 is 2.94 bits per heavy atom. The second kappa shape index (κ2) is 4.47. The Bertz CT molecular complexity index is 609. The number of anilines is 2. The predicted octanol–water partition coefficient (Wildman–Crippen LogP) is 1.66. The third kappa shape index (κ3) is 2.39. The van der Waals surface area contributed by atoms with Gasteiger partial charge in [-0.25, -0.2) is 4.98 Å². The van der Waals surface area contributed by atoms with Crippen LogP contribution in [0, 0.1) is 6.92 Å². The van der Waals surface area contributed by atoms with Gasteiger partial charge < -0.3 is 11.2 Å². The van der Waals surface area contributed by atoms with E-state index >= 15 is 0 Å². The van der Waals surface area contributed by atoms with Crippen molar-refractivity contribution in [2.24, 2.45) is 0 Å². The van der Waals surface area contributed by atoms with Crippen LogP contribution in [0.3, 0.4) is 0 Å². The lowest BCUT2D eigenvalue weighted by Gasteiger charge is -2.09. The van der Waals surface area contributed by atoms with E-state index in [1.54, 1.807) is 31.2 Å². The van der Waals surface area contributed by atoms with Crippen LogP contribution in [0.1, 0.15) is 5.56 Å². The van der Waals surface area contributed by atoms with Crippen LogP contribution in [0.2, 0.25) is 5.02 Å². The number of nitrogens with one attached hydrogen (secondary N) is 1. The number of aryl methyl sites for hydroxylation is 1. The maximum Gasteiger partial charge on any atom is 0.276 e. The van der Waals surface area contributed by atoms with Crippen molar-refractivity contribution >= 4 is 23.2 Å². The van der Waals surface area contributed by atoms with Gasteiger partial charge in [0, 0.05) is 22.5 Å². The molecule has 0 unspecified atom stereocenters. The fourth-order valence-electron chi connectivity index (χ4n) is 1.35. The van der Waals surface area contributed by atoms with Crippen LogP contribution in [-0.4, -0.2) is 9.66 Å². The van der Waals surface area contributed by atoms with Gasteiger partial charge in [0.25, 0.3) is 5.56 Å². The molecule has 0 atom stereocenters. The van der Waals surface area contributed by atoms with Crippen molar-refractivity contribution in [1.29, 1.82) is 0 Å². The third-order valence-corrected chi connectivity index (χ3v) is 2.48. The number of halogens is 1. The number of nitrogens with zero attached hydrogens (tertiary/aromatic N) is 2. The molecule has 0 fully saturated rings. The molecule has 5 nitrogen and oxygen atoms in total. The molecule has 0 aliphatic rings. The summed E-state index contributed by atoms with van der Waals surface area (Å²) in [6.45, 7) is 1.65. The summed E-state index contributed by atoms with van der Waals surface area (Å²) in [4.78, 5) is 15.6. The Balaban J connectivity index is 2.37. The standard InChI is InChI=1S/C11H11ClN4O/c1-7-6-14-11(16(13)10(7)17)15-9-4-2-3-8(12)5-9/h2-6H,13H2,1H3,(H,14,15). The molecule has 1 heterocycles. The summed E-state index contributed by atoms with van der Waals surface area (Å²) >= 11 is 5.85. The van der Waals surface area contributed by atoms with Gasteiger partial charge in [-0.2, -0.15) is 4.68 Å². The van der Waals surface area contributed by atoms with Gasteiger partial charge in [0.2, 0.25) is 5.95 Å². The lowest BCUT2D eigenvalue weighted by molar-refractivity contribution is 0.886. The summed E-state index contributed by atoms with van der Waals surface area (Å²) in [6.07, 6.45) is 1.47. The molecule has 1 aromatic heterocycles. The Hall–Kier alpha value is -2.01. The molecule has 0 aliphatic heterocycles. The molecule has 1 aromatic carbocycles. The topological polar surface area (TPSA) is 72.9 Å². The van der Waals surface area contributed by atoms with Crippen LogP contribution in [0.15, 0.2) is 35.3 Å². The second-order valence-corrected chi connectivity index (χ2v) is 4.01. The molecule has 0 amide bonds. The molecule has 0 bridgehead atoms. The average Bonchev–Trinajstić information content (AvgIpc) is 2.30. The van der Waals surface area contributed by atoms with Crippen molar-refractivity contribution in [3.05, 3.63) is 51.4 Å². The SMILES string of the molecule is Cc1cnc(Nc2cccc(Cl)c2)n(N)c1=O. The van der Waals surface area contributed by atoms with Gasteiger partial charge in [-0.15, -0.1) is 0 Å². The molecule has 2 rings (SSSR count). The van der Waals surface area contributed by atoms with E-state index in [4.69, 9.17) is 17.4 Å². The third-order valence-electron chi connectivity index (χ3n) is 2.25. The van der Waals surface area contributed by atoms with E-state index in [1.165, 1.54) is 6.20 Å². The van der Waals surface area contributed by atoms with Gasteiger partial charge in [0.1, 0.15) is 0 Å². The quantitative estimate of drug-likeness (QED) is 0.795. The minimum atomic E-state index is -0.287. The first-order valence-electron chi connectivity index (χ1n) is 4.94. The van der Waals surface area contributed by atoms with Crippen molar-refractivity contribution in [1.82, 2.24) is 9.66 Å². The van der Waals surface area contributed by atoms with E-state index in [9.17, 15) is 4.79 Å². The summed E-state index contributed by atoms with van der Waals surface area (Å²) in [7, 11) is 0. The highest BCUT2D eigenvalue weighted by molar-refractivity contribution is 6.30. The van der Waals surface area contributed by atoms with Gasteiger partial charge in [0.15, 0.2) is 0 Å². The highest BCUT2D eigenvalue weighted by Crippen LogP contribution is 2.17. The lowest BCUT2D eigenvalue weighted by atomic mass is 10.3. The number of nitrogen functional groups attached to an aromatic ring is 1. The maximum absolute atomic E-state index is 11.6. The smallest absolute Gasteiger partial charge is 0.276 e. The van der Waals surface area contributed by atoms with Crippen molar-refractivity contribution < 1.29 is 0 Å². The molecule has 0 radical (unpaired) electrons. The zero-order valence-corrected chi connectivity index (χ0v) is 9.90. The van der Waals surface area contributed by atoms with E-state index in [0.29, 0.717) is 16.3 Å². The number of benzene rings is 1. The summed E-state index contributed by atoms with van der Waals surface area (Å²) in [6, 6.07) is 7.06. The van der Waals surface area contributed by atoms with Crippen molar-refractivity contribution in [2.45, 2.75) is 6.92 Å². The van der Waals surface area contributed by atoms with Crippen molar-refractivity contribution in [3.63, 3.8) is 0 Å². The molecule has 0 saturated carbocycles. The number of hydrogen-bond acceptors (Lipinski definition) is 4. The molecule has 0 spiro atoms. The Kier molecular flexibility index (Phi) is 3.01. The van der Waals surface area contributed by atoms with Gasteiger partial charge >= 0.3 is 0 Å². The van der Waals surface area contributed by atoms with Crippen LogP contribution in [-0.2, 0) is 0 Å². The van der Waals surface area contributed by atoms with E-state index in [-0.39, 0.29) is 11.5 Å². The van der Waals surface area contributed by atoms with Crippen LogP contribution >= 0.6 is 11.6 Å². The highest BCUT2D eigenvalue weighted by Gasteiger charge is 2.05. The molecular formula is C11H11ClN4O. The number of hydrogen-bond donors (Lipinski definition) is 2. The zero-order valence-electron chi connectivity index (χ0n) is 9.14. The maximum atomic E-state index is 11.6. The summed E-state index contributed by atoms with van der Waals surface area (Å²) in [5.74, 6) is 5.88. The second-order valence-electron chi connectivity index (χ2n) is 3.58. The number of aromatic nitrogens is 2.